The molecule has 0 saturated carbocycles. The molecule has 2 aliphatic rings. The number of hydrogen-bond donors (Lipinski definition) is 1. The van der Waals surface area contributed by atoms with Gasteiger partial charge < -0.3 is 9.55 Å². The second-order valence-electron chi connectivity index (χ2n) is 12.8. The summed E-state index contributed by atoms with van der Waals surface area (Å²) >= 11 is 0. The number of para-hydroxylation sites is 1. The molecule has 10 heteroatoms. The SMILES string of the molecule is O=[N+]([O-])c1cc2cc3nc(cc4c([N+](=O)[O-])c(-c5ccccc5)c(c(-c5ccccc5)c5nc(cc1[nH]2)C=C5c1ccccc1)n4-c1ccccc1)C=C3. The fourth-order valence-electron chi connectivity index (χ4n) is 7.21. The number of aromatic nitrogens is 4. The highest BCUT2D eigenvalue weighted by Gasteiger charge is 2.32. The van der Waals surface area contributed by atoms with Crippen molar-refractivity contribution in [3.05, 3.63) is 194 Å². The lowest BCUT2D eigenvalue weighted by Gasteiger charge is -2.14. The van der Waals surface area contributed by atoms with Gasteiger partial charge in [-0.15, -0.1) is 0 Å². The first-order valence-corrected chi connectivity index (χ1v) is 17.2. The Balaban J connectivity index is 1.62. The zero-order chi connectivity index (χ0) is 36.8. The van der Waals surface area contributed by atoms with Crippen molar-refractivity contribution in [3.63, 3.8) is 0 Å². The first kappa shape index (κ1) is 32.2. The van der Waals surface area contributed by atoms with E-state index >= 15 is 0 Å². The number of H-pyrrole nitrogens is 1. The van der Waals surface area contributed by atoms with Gasteiger partial charge in [-0.2, -0.15) is 0 Å². The van der Waals surface area contributed by atoms with Gasteiger partial charge in [-0.05, 0) is 65.3 Å². The van der Waals surface area contributed by atoms with E-state index in [1.165, 1.54) is 6.07 Å². The predicted octanol–water partition coefficient (Wildman–Crippen LogP) is 10.7. The van der Waals surface area contributed by atoms with Gasteiger partial charge in [0.15, 0.2) is 0 Å². The van der Waals surface area contributed by atoms with Crippen molar-refractivity contribution in [3.8, 4) is 27.9 Å². The number of nitrogens with zero attached hydrogens (tertiary/aromatic N) is 5. The van der Waals surface area contributed by atoms with E-state index in [9.17, 15) is 20.2 Å². The minimum absolute atomic E-state index is 0.0878. The third kappa shape index (κ3) is 5.64. The molecule has 0 fully saturated rings. The molecule has 0 atom stereocenters. The molecule has 3 aromatic heterocycles. The van der Waals surface area contributed by atoms with E-state index in [1.807, 2.05) is 132 Å². The number of aromatic amines is 1. The molecule has 5 heterocycles. The molecule has 2 aliphatic heterocycles. The van der Waals surface area contributed by atoms with Crippen molar-refractivity contribution >= 4 is 57.2 Å². The highest BCUT2D eigenvalue weighted by Crippen LogP contribution is 2.48. The Morgan fingerprint density at radius 3 is 1.76 bits per heavy atom. The maximum Gasteiger partial charge on any atom is 0.303 e. The average Bonchev–Trinajstić information content (AvgIpc) is 3.99. The molecule has 10 nitrogen and oxygen atoms in total. The van der Waals surface area contributed by atoms with Crippen LogP contribution in [-0.4, -0.2) is 29.4 Å². The molecule has 4 aromatic carbocycles. The van der Waals surface area contributed by atoms with Crippen LogP contribution in [0.2, 0.25) is 0 Å². The summed E-state index contributed by atoms with van der Waals surface area (Å²) in [4.78, 5) is 38.4. The molecule has 54 heavy (non-hydrogen) atoms. The van der Waals surface area contributed by atoms with Crippen LogP contribution in [0.5, 0.6) is 0 Å². The van der Waals surface area contributed by atoms with Crippen LogP contribution in [0, 0.1) is 20.2 Å². The van der Waals surface area contributed by atoms with Crippen molar-refractivity contribution in [1.29, 1.82) is 0 Å². The summed E-state index contributed by atoms with van der Waals surface area (Å²) in [6.07, 6.45) is 5.46. The van der Waals surface area contributed by atoms with Gasteiger partial charge in [-0.25, -0.2) is 9.97 Å². The number of nitro groups is 2. The van der Waals surface area contributed by atoms with Crippen LogP contribution >= 0.6 is 0 Å². The third-order valence-corrected chi connectivity index (χ3v) is 9.46. The van der Waals surface area contributed by atoms with Crippen molar-refractivity contribution in [2.75, 3.05) is 0 Å². The van der Waals surface area contributed by atoms with E-state index in [1.54, 1.807) is 30.4 Å². The molecule has 7 aromatic rings. The molecular weight excluding hydrogens is 677 g/mol. The summed E-state index contributed by atoms with van der Waals surface area (Å²) < 4.78 is 1.93. The van der Waals surface area contributed by atoms with Crippen LogP contribution < -0.4 is 0 Å². The summed E-state index contributed by atoms with van der Waals surface area (Å²) in [6, 6.07) is 45.0. The fraction of sp³-hybridized carbons (Fsp3) is 0. The highest BCUT2D eigenvalue weighted by atomic mass is 16.6. The van der Waals surface area contributed by atoms with E-state index in [2.05, 4.69) is 4.98 Å². The van der Waals surface area contributed by atoms with Crippen LogP contribution in [0.1, 0.15) is 28.3 Å². The van der Waals surface area contributed by atoms with Crippen LogP contribution in [0.3, 0.4) is 0 Å². The Bertz CT molecular complexity index is 2860. The van der Waals surface area contributed by atoms with Crippen LogP contribution in [0.15, 0.2) is 146 Å². The molecule has 258 valence electrons. The Morgan fingerprint density at radius 1 is 0.574 bits per heavy atom. The molecule has 0 aliphatic carbocycles. The van der Waals surface area contributed by atoms with Gasteiger partial charge in [0, 0.05) is 28.4 Å². The van der Waals surface area contributed by atoms with E-state index in [4.69, 9.17) is 9.97 Å². The minimum Gasteiger partial charge on any atom is -0.350 e. The molecule has 1 N–H and O–H groups in total. The zero-order valence-electron chi connectivity index (χ0n) is 28.5. The van der Waals surface area contributed by atoms with E-state index < -0.39 is 4.92 Å². The molecule has 0 radical (unpaired) electrons. The number of rotatable bonds is 6. The van der Waals surface area contributed by atoms with Crippen LogP contribution in [0.25, 0.3) is 73.8 Å². The quantitative estimate of drug-likeness (QED) is 0.135. The van der Waals surface area contributed by atoms with E-state index in [0.717, 1.165) is 16.7 Å². The Labute approximate surface area is 308 Å². The largest absolute Gasteiger partial charge is 0.350 e. The maximum atomic E-state index is 13.6. The summed E-state index contributed by atoms with van der Waals surface area (Å²) in [5.41, 5.74) is 8.22. The average molecular weight is 705 g/mol. The second-order valence-corrected chi connectivity index (χ2v) is 12.8. The van der Waals surface area contributed by atoms with Gasteiger partial charge in [-0.3, -0.25) is 20.2 Å². The predicted molar refractivity (Wildman–Crippen MR) is 213 cm³/mol. The molecule has 9 rings (SSSR count). The lowest BCUT2D eigenvalue weighted by Crippen LogP contribution is -1.98. The summed E-state index contributed by atoms with van der Waals surface area (Å²) in [5.74, 6) is 0. The highest BCUT2D eigenvalue weighted by molar-refractivity contribution is 6.09. The van der Waals surface area contributed by atoms with E-state index in [-0.39, 0.29) is 21.8 Å². The first-order valence-electron chi connectivity index (χ1n) is 17.2. The van der Waals surface area contributed by atoms with Crippen molar-refractivity contribution < 1.29 is 9.85 Å². The summed E-state index contributed by atoms with van der Waals surface area (Å²) in [5, 5.41) is 25.9. The zero-order valence-corrected chi connectivity index (χ0v) is 28.5. The smallest absolute Gasteiger partial charge is 0.303 e. The molecular formula is C44H28N6O4. The molecule has 0 saturated heterocycles. The number of nitrogens with one attached hydrogen (secondary N) is 1. The van der Waals surface area contributed by atoms with Crippen molar-refractivity contribution in [1.82, 2.24) is 19.5 Å². The van der Waals surface area contributed by atoms with Crippen molar-refractivity contribution in [2.45, 2.75) is 0 Å². The maximum absolute atomic E-state index is 13.6. The normalized spacial score (nSPS) is 12.0. The number of hydrogen-bond acceptors (Lipinski definition) is 6. The Morgan fingerprint density at radius 2 is 1.15 bits per heavy atom. The van der Waals surface area contributed by atoms with Gasteiger partial charge in [0.1, 0.15) is 11.0 Å². The van der Waals surface area contributed by atoms with Crippen LogP contribution in [-0.2, 0) is 0 Å². The van der Waals surface area contributed by atoms with Gasteiger partial charge in [0.05, 0.1) is 43.7 Å². The Hall–Kier alpha value is -7.72. The van der Waals surface area contributed by atoms with Gasteiger partial charge in [0.25, 0.3) is 5.69 Å². The Kier molecular flexibility index (Phi) is 7.82. The first-order chi connectivity index (χ1) is 26.4. The number of fused-ring (bicyclic) bond motifs is 8. The fourth-order valence-corrected chi connectivity index (χ4v) is 7.21. The standard InChI is InChI=1S/C44H28N6O4/c51-49(52)38-27-33-23-31-21-22-32(45-31)26-39-43(50(53)54)41(30-17-9-3-10-18-30)44(48(39)35-19-11-4-12-20-35)40(29-15-7-2-8-16-29)42-36(28-13-5-1-6-14-28)24-34(47-42)25-37(38)46-33/h1-27,46H. The van der Waals surface area contributed by atoms with E-state index in [0.29, 0.717) is 61.7 Å². The summed E-state index contributed by atoms with van der Waals surface area (Å²) in [6.45, 7) is 0. The topological polar surface area (TPSA) is 133 Å². The molecule has 0 spiro atoms. The van der Waals surface area contributed by atoms with Gasteiger partial charge in [-0.1, -0.05) is 109 Å². The third-order valence-electron chi connectivity index (χ3n) is 9.46. The summed E-state index contributed by atoms with van der Waals surface area (Å²) in [7, 11) is 0. The molecule has 0 amide bonds. The lowest BCUT2D eigenvalue weighted by atomic mass is 9.93. The second kappa shape index (κ2) is 13.1. The minimum atomic E-state index is -0.422. The van der Waals surface area contributed by atoms with Gasteiger partial charge in [0.2, 0.25) is 0 Å². The van der Waals surface area contributed by atoms with Crippen molar-refractivity contribution in [2.24, 2.45) is 0 Å². The molecule has 0 unspecified atom stereocenters. The lowest BCUT2D eigenvalue weighted by molar-refractivity contribution is -0.383. The van der Waals surface area contributed by atoms with Crippen LogP contribution in [0.4, 0.5) is 11.4 Å². The monoisotopic (exact) mass is 704 g/mol. The number of benzene rings is 4. The molecule has 8 bridgehead atoms. The van der Waals surface area contributed by atoms with Gasteiger partial charge >= 0.3 is 5.69 Å².